The van der Waals surface area contributed by atoms with Gasteiger partial charge in [-0.25, -0.2) is 14.8 Å². The fourth-order valence-electron chi connectivity index (χ4n) is 3.87. The molecule has 150 valence electrons. The molecular formula is C20H32FN5O. The molecule has 1 amide bonds. The van der Waals surface area contributed by atoms with Gasteiger partial charge in [-0.1, -0.05) is 45.0 Å². The number of benzene rings is 1. The fraction of sp³-hybridized carbons (Fsp3) is 0.650. The van der Waals surface area contributed by atoms with Crippen molar-refractivity contribution < 1.29 is 9.18 Å². The Labute approximate surface area is 161 Å². The fourth-order valence-corrected chi connectivity index (χ4v) is 3.87. The van der Waals surface area contributed by atoms with E-state index in [1.807, 2.05) is 24.0 Å². The number of carbonyl (C=O) groups excluding carboxylic acids is 1. The van der Waals surface area contributed by atoms with Crippen LogP contribution in [0.1, 0.15) is 44.9 Å². The van der Waals surface area contributed by atoms with Crippen molar-refractivity contribution in [2.24, 2.45) is 5.92 Å². The van der Waals surface area contributed by atoms with E-state index in [4.69, 9.17) is 0 Å². The van der Waals surface area contributed by atoms with Gasteiger partial charge in [0.15, 0.2) is 0 Å². The third kappa shape index (κ3) is 3.87. The molecule has 1 aromatic carbocycles. The number of fused-ring (bicyclic) bond motifs is 1. The number of halogens is 1. The standard InChI is InChI=1S/C20H32FN5O/c1-12(13-7-9-14(10-8-13)20(2,3)4)26-17-16(15(11-21)24-26)18(27)23-19(22-17)25(5)6/h7-10,12,15-17,19,22,24H,11H2,1-6H3,(H,23,27). The Morgan fingerprint density at radius 3 is 2.37 bits per heavy atom. The van der Waals surface area contributed by atoms with Gasteiger partial charge in [0.05, 0.1) is 18.1 Å². The second-order valence-electron chi connectivity index (χ2n) is 8.86. The highest BCUT2D eigenvalue weighted by atomic mass is 19.1. The van der Waals surface area contributed by atoms with E-state index >= 15 is 0 Å². The van der Waals surface area contributed by atoms with Crippen LogP contribution in [0.2, 0.25) is 0 Å². The zero-order chi connectivity index (χ0) is 19.9. The second-order valence-corrected chi connectivity index (χ2v) is 8.86. The van der Waals surface area contributed by atoms with Gasteiger partial charge in [0.25, 0.3) is 0 Å². The topological polar surface area (TPSA) is 59.6 Å². The van der Waals surface area contributed by atoms with Crippen LogP contribution < -0.4 is 16.1 Å². The van der Waals surface area contributed by atoms with Crippen molar-refractivity contribution in [3.05, 3.63) is 35.4 Å². The Hall–Kier alpha value is -1.54. The molecule has 0 radical (unpaired) electrons. The maximum Gasteiger partial charge on any atom is 0.230 e. The molecule has 7 heteroatoms. The first-order valence-electron chi connectivity index (χ1n) is 9.57. The minimum absolute atomic E-state index is 0.00993. The third-order valence-corrected chi connectivity index (χ3v) is 5.66. The van der Waals surface area contributed by atoms with Crippen molar-refractivity contribution in [2.75, 3.05) is 20.8 Å². The largest absolute Gasteiger partial charge is 0.327 e. The maximum absolute atomic E-state index is 13.6. The second kappa shape index (κ2) is 7.47. The molecule has 2 fully saturated rings. The van der Waals surface area contributed by atoms with E-state index in [1.54, 1.807) is 0 Å². The first-order valence-corrected chi connectivity index (χ1v) is 9.57. The van der Waals surface area contributed by atoms with E-state index in [1.165, 1.54) is 5.56 Å². The van der Waals surface area contributed by atoms with Gasteiger partial charge >= 0.3 is 0 Å². The van der Waals surface area contributed by atoms with Crippen molar-refractivity contribution in [1.82, 2.24) is 26.0 Å². The summed E-state index contributed by atoms with van der Waals surface area (Å²) < 4.78 is 13.6. The highest BCUT2D eigenvalue weighted by Crippen LogP contribution is 2.33. The number of carbonyl (C=O) groups is 1. The van der Waals surface area contributed by atoms with Gasteiger partial charge in [0.2, 0.25) is 5.91 Å². The zero-order valence-electron chi connectivity index (χ0n) is 17.1. The molecule has 5 unspecified atom stereocenters. The number of rotatable bonds is 4. The van der Waals surface area contributed by atoms with Crippen LogP contribution in [0.25, 0.3) is 0 Å². The maximum atomic E-state index is 13.6. The predicted molar refractivity (Wildman–Crippen MR) is 104 cm³/mol. The number of hydrazine groups is 1. The lowest BCUT2D eigenvalue weighted by atomic mass is 9.86. The van der Waals surface area contributed by atoms with Crippen molar-refractivity contribution in [1.29, 1.82) is 0 Å². The van der Waals surface area contributed by atoms with E-state index in [-0.39, 0.29) is 29.8 Å². The van der Waals surface area contributed by atoms with Crippen molar-refractivity contribution in [3.63, 3.8) is 0 Å². The van der Waals surface area contributed by atoms with E-state index in [0.29, 0.717) is 0 Å². The zero-order valence-corrected chi connectivity index (χ0v) is 17.1. The van der Waals surface area contributed by atoms with Gasteiger partial charge in [-0.05, 0) is 37.6 Å². The number of nitrogens with zero attached hydrogens (tertiary/aromatic N) is 2. The SMILES string of the molecule is CC(c1ccc(C(C)(C)C)cc1)N1NC(CF)C2C(=O)NC(N(C)C)NC21. The summed E-state index contributed by atoms with van der Waals surface area (Å²) in [4.78, 5) is 14.5. The summed E-state index contributed by atoms with van der Waals surface area (Å²) in [6.45, 7) is 8.06. The van der Waals surface area contributed by atoms with Gasteiger partial charge < -0.3 is 5.32 Å². The number of nitrogens with one attached hydrogen (secondary N) is 3. The van der Waals surface area contributed by atoms with Crippen LogP contribution in [0.4, 0.5) is 4.39 Å². The Balaban J connectivity index is 1.85. The van der Waals surface area contributed by atoms with E-state index in [0.717, 1.165) is 5.56 Å². The first-order chi connectivity index (χ1) is 12.6. The molecule has 0 aromatic heterocycles. The van der Waals surface area contributed by atoms with Crippen LogP contribution in [-0.4, -0.2) is 55.1 Å². The number of alkyl halides is 1. The minimum atomic E-state index is -0.588. The minimum Gasteiger partial charge on any atom is -0.327 e. The quantitative estimate of drug-likeness (QED) is 0.746. The number of amides is 1. The van der Waals surface area contributed by atoms with E-state index in [9.17, 15) is 9.18 Å². The molecule has 2 saturated heterocycles. The molecule has 0 bridgehead atoms. The molecule has 27 heavy (non-hydrogen) atoms. The van der Waals surface area contributed by atoms with Gasteiger partial charge in [-0.2, -0.15) is 0 Å². The molecule has 0 spiro atoms. The lowest BCUT2D eigenvalue weighted by Crippen LogP contribution is -2.68. The van der Waals surface area contributed by atoms with Crippen molar-refractivity contribution in [3.8, 4) is 0 Å². The molecule has 3 N–H and O–H groups in total. The summed E-state index contributed by atoms with van der Waals surface area (Å²) in [6, 6.07) is 8.01. The molecule has 2 heterocycles. The molecule has 3 rings (SSSR count). The molecule has 2 aliphatic rings. The Kier molecular flexibility index (Phi) is 5.59. The monoisotopic (exact) mass is 377 g/mol. The van der Waals surface area contributed by atoms with Crippen molar-refractivity contribution >= 4 is 5.91 Å². The first kappa shape index (κ1) is 20.2. The number of hydrogen-bond donors (Lipinski definition) is 3. The summed E-state index contributed by atoms with van der Waals surface area (Å²) >= 11 is 0. The predicted octanol–water partition coefficient (Wildman–Crippen LogP) is 1.71. The molecular weight excluding hydrogens is 345 g/mol. The van der Waals surface area contributed by atoms with Gasteiger partial charge in [0.1, 0.15) is 13.0 Å². The van der Waals surface area contributed by atoms with E-state index < -0.39 is 18.6 Å². The smallest absolute Gasteiger partial charge is 0.230 e. The highest BCUT2D eigenvalue weighted by Gasteiger charge is 2.51. The lowest BCUT2D eigenvalue weighted by Gasteiger charge is -2.41. The van der Waals surface area contributed by atoms with Crippen LogP contribution in [0.5, 0.6) is 0 Å². The van der Waals surface area contributed by atoms with Crippen LogP contribution in [-0.2, 0) is 10.2 Å². The normalized spacial score (nSPS) is 30.3. The number of hydrogen-bond acceptors (Lipinski definition) is 5. The van der Waals surface area contributed by atoms with Crippen LogP contribution in [0.15, 0.2) is 24.3 Å². The summed E-state index contributed by atoms with van der Waals surface area (Å²) in [5.74, 6) is -0.590. The van der Waals surface area contributed by atoms with Crippen LogP contribution in [0.3, 0.4) is 0 Å². The Morgan fingerprint density at radius 2 is 1.85 bits per heavy atom. The van der Waals surface area contributed by atoms with Gasteiger partial charge in [-0.3, -0.25) is 15.0 Å². The summed E-state index contributed by atoms with van der Waals surface area (Å²) in [6.07, 6.45) is -0.555. The molecule has 0 aliphatic carbocycles. The summed E-state index contributed by atoms with van der Waals surface area (Å²) in [5, 5.41) is 8.35. The average molecular weight is 378 g/mol. The molecule has 1 aromatic rings. The molecule has 2 aliphatic heterocycles. The Bertz CT molecular complexity index is 672. The molecule has 0 saturated carbocycles. The van der Waals surface area contributed by atoms with Gasteiger partial charge in [0, 0.05) is 6.04 Å². The van der Waals surface area contributed by atoms with Crippen LogP contribution >= 0.6 is 0 Å². The van der Waals surface area contributed by atoms with E-state index in [2.05, 4.69) is 68.0 Å². The average Bonchev–Trinajstić information content (AvgIpc) is 2.99. The third-order valence-electron chi connectivity index (χ3n) is 5.66. The molecule has 5 atom stereocenters. The lowest BCUT2D eigenvalue weighted by molar-refractivity contribution is -0.133. The highest BCUT2D eigenvalue weighted by molar-refractivity contribution is 5.81. The van der Waals surface area contributed by atoms with Crippen molar-refractivity contribution in [2.45, 2.75) is 57.6 Å². The summed E-state index contributed by atoms with van der Waals surface area (Å²) in [5.41, 5.74) is 5.73. The summed E-state index contributed by atoms with van der Waals surface area (Å²) in [7, 11) is 3.79. The van der Waals surface area contributed by atoms with Crippen LogP contribution in [0, 0.1) is 5.92 Å². The Morgan fingerprint density at radius 1 is 1.22 bits per heavy atom. The van der Waals surface area contributed by atoms with Gasteiger partial charge in [-0.15, -0.1) is 0 Å². The molecule has 6 nitrogen and oxygen atoms in total.